The van der Waals surface area contributed by atoms with Crippen molar-refractivity contribution in [2.24, 2.45) is 5.92 Å². The maximum Gasteiger partial charge on any atom is 0.249 e. The molecule has 1 aliphatic rings. The van der Waals surface area contributed by atoms with Crippen molar-refractivity contribution in [3.63, 3.8) is 0 Å². The number of aryl methyl sites for hydroxylation is 1. The van der Waals surface area contributed by atoms with Gasteiger partial charge in [0, 0.05) is 23.8 Å². The third kappa shape index (κ3) is 3.47. The molecule has 0 radical (unpaired) electrons. The molecule has 1 aromatic carbocycles. The zero-order valence-corrected chi connectivity index (χ0v) is 13.6. The summed E-state index contributed by atoms with van der Waals surface area (Å²) in [5, 5.41) is 12.1. The van der Waals surface area contributed by atoms with Crippen molar-refractivity contribution in [3.05, 3.63) is 35.0 Å². The fourth-order valence-electron chi connectivity index (χ4n) is 2.75. The number of hydrogen-bond acceptors (Lipinski definition) is 5. The highest BCUT2D eigenvalue weighted by Gasteiger charge is 2.18. The van der Waals surface area contributed by atoms with Crippen LogP contribution in [0.4, 0.5) is 17.5 Å². The highest BCUT2D eigenvalue weighted by Crippen LogP contribution is 2.24. The molecule has 6 heteroatoms. The highest BCUT2D eigenvalue weighted by atomic mass is 35.5. The van der Waals surface area contributed by atoms with Gasteiger partial charge in [-0.15, -0.1) is 5.10 Å². The molecule has 0 amide bonds. The lowest BCUT2D eigenvalue weighted by Crippen LogP contribution is -2.35. The molecule has 0 spiro atoms. The molecule has 0 aliphatic carbocycles. The van der Waals surface area contributed by atoms with Gasteiger partial charge in [0.05, 0.1) is 6.20 Å². The number of benzene rings is 1. The van der Waals surface area contributed by atoms with Crippen LogP contribution in [0.25, 0.3) is 0 Å². The second-order valence-corrected chi connectivity index (χ2v) is 6.35. The maximum atomic E-state index is 6.05. The van der Waals surface area contributed by atoms with Crippen molar-refractivity contribution in [2.45, 2.75) is 26.7 Å². The molecule has 1 unspecified atom stereocenters. The number of rotatable bonds is 3. The lowest BCUT2D eigenvalue weighted by molar-refractivity contribution is 0.444. The fourth-order valence-corrected chi connectivity index (χ4v) is 2.92. The minimum atomic E-state index is 0.501. The van der Waals surface area contributed by atoms with E-state index in [2.05, 4.69) is 32.3 Å². The molecule has 116 valence electrons. The first-order chi connectivity index (χ1) is 10.6. The lowest BCUT2D eigenvalue weighted by atomic mass is 10.0. The van der Waals surface area contributed by atoms with E-state index in [-0.39, 0.29) is 0 Å². The number of piperidine rings is 1. The first-order valence-corrected chi connectivity index (χ1v) is 7.97. The Bertz CT molecular complexity index is 661. The molecule has 0 saturated carbocycles. The summed E-state index contributed by atoms with van der Waals surface area (Å²) < 4.78 is 0. The molecule has 5 nitrogen and oxygen atoms in total. The van der Waals surface area contributed by atoms with E-state index in [1.165, 1.54) is 12.8 Å². The van der Waals surface area contributed by atoms with Gasteiger partial charge in [-0.3, -0.25) is 0 Å². The van der Waals surface area contributed by atoms with E-state index >= 15 is 0 Å². The van der Waals surface area contributed by atoms with Gasteiger partial charge in [0.2, 0.25) is 5.95 Å². The van der Waals surface area contributed by atoms with Gasteiger partial charge in [0.25, 0.3) is 0 Å². The molecule has 3 rings (SSSR count). The van der Waals surface area contributed by atoms with Crippen LogP contribution in [-0.4, -0.2) is 28.3 Å². The standard InChI is InChI=1S/C16H20ClN5/c1-11-4-3-7-22(10-11)15-9-18-21-16(20-15)19-14-8-13(17)6-5-12(14)2/h5-6,8-9,11H,3-4,7,10H2,1-2H3,(H,19,20,21). The smallest absolute Gasteiger partial charge is 0.249 e. The van der Waals surface area contributed by atoms with E-state index in [0.717, 1.165) is 30.2 Å². The molecule has 2 aromatic rings. The van der Waals surface area contributed by atoms with E-state index in [9.17, 15) is 0 Å². The Balaban J connectivity index is 1.80. The summed E-state index contributed by atoms with van der Waals surface area (Å²) >= 11 is 6.05. The van der Waals surface area contributed by atoms with Crippen LogP contribution >= 0.6 is 11.6 Å². The summed E-state index contributed by atoms with van der Waals surface area (Å²) in [5.41, 5.74) is 1.99. The van der Waals surface area contributed by atoms with Crippen molar-refractivity contribution in [1.29, 1.82) is 0 Å². The Morgan fingerprint density at radius 3 is 3.05 bits per heavy atom. The van der Waals surface area contributed by atoms with Gasteiger partial charge in [0.1, 0.15) is 0 Å². The topological polar surface area (TPSA) is 53.9 Å². The van der Waals surface area contributed by atoms with Gasteiger partial charge in [-0.2, -0.15) is 10.1 Å². The van der Waals surface area contributed by atoms with E-state index < -0.39 is 0 Å². The second kappa shape index (κ2) is 6.48. The number of nitrogens with zero attached hydrogens (tertiary/aromatic N) is 4. The van der Waals surface area contributed by atoms with Gasteiger partial charge in [-0.25, -0.2) is 0 Å². The summed E-state index contributed by atoms with van der Waals surface area (Å²) in [4.78, 5) is 6.87. The summed E-state index contributed by atoms with van der Waals surface area (Å²) in [6.45, 7) is 6.34. The van der Waals surface area contributed by atoms with E-state index in [1.807, 2.05) is 25.1 Å². The predicted octanol–water partition coefficient (Wildman–Crippen LogP) is 3.81. The van der Waals surface area contributed by atoms with E-state index in [0.29, 0.717) is 16.9 Å². The Morgan fingerprint density at radius 2 is 2.23 bits per heavy atom. The summed E-state index contributed by atoms with van der Waals surface area (Å²) in [6.07, 6.45) is 4.21. The fraction of sp³-hybridized carbons (Fsp3) is 0.438. The first-order valence-electron chi connectivity index (χ1n) is 7.59. The van der Waals surface area contributed by atoms with Crippen LogP contribution in [-0.2, 0) is 0 Å². The average molecular weight is 318 g/mol. The quantitative estimate of drug-likeness (QED) is 0.932. The molecule has 0 bridgehead atoms. The SMILES string of the molecule is Cc1ccc(Cl)cc1Nc1nncc(N2CCCC(C)C2)n1. The number of hydrogen-bond donors (Lipinski definition) is 1. The molecule has 1 aliphatic heterocycles. The molecule has 2 heterocycles. The Morgan fingerprint density at radius 1 is 1.36 bits per heavy atom. The van der Waals surface area contributed by atoms with Crippen LogP contribution < -0.4 is 10.2 Å². The molecular weight excluding hydrogens is 298 g/mol. The zero-order valence-electron chi connectivity index (χ0n) is 12.9. The summed E-state index contributed by atoms with van der Waals surface area (Å²) in [7, 11) is 0. The summed E-state index contributed by atoms with van der Waals surface area (Å²) in [6, 6.07) is 5.71. The Hall–Kier alpha value is -1.88. The second-order valence-electron chi connectivity index (χ2n) is 5.92. The maximum absolute atomic E-state index is 6.05. The van der Waals surface area contributed by atoms with Crippen LogP contribution in [0.3, 0.4) is 0 Å². The van der Waals surface area contributed by atoms with Crippen LogP contribution in [0, 0.1) is 12.8 Å². The third-order valence-corrected chi connectivity index (χ3v) is 4.21. The normalized spacial score (nSPS) is 18.3. The Labute approximate surface area is 135 Å². The molecule has 1 N–H and O–H groups in total. The molecule has 1 atom stereocenters. The van der Waals surface area contributed by atoms with Crippen LogP contribution in [0.1, 0.15) is 25.3 Å². The minimum absolute atomic E-state index is 0.501. The van der Waals surface area contributed by atoms with Crippen molar-refractivity contribution in [3.8, 4) is 0 Å². The van der Waals surface area contributed by atoms with Gasteiger partial charge in [-0.05, 0) is 43.4 Å². The van der Waals surface area contributed by atoms with E-state index in [1.54, 1.807) is 6.20 Å². The molecular formula is C16H20ClN5. The number of nitrogens with one attached hydrogen (secondary N) is 1. The van der Waals surface area contributed by atoms with Gasteiger partial charge < -0.3 is 10.2 Å². The zero-order chi connectivity index (χ0) is 15.5. The third-order valence-electron chi connectivity index (χ3n) is 3.97. The van der Waals surface area contributed by atoms with Crippen molar-refractivity contribution < 1.29 is 0 Å². The minimum Gasteiger partial charge on any atom is -0.355 e. The van der Waals surface area contributed by atoms with Crippen LogP contribution in [0.5, 0.6) is 0 Å². The van der Waals surface area contributed by atoms with E-state index in [4.69, 9.17) is 11.6 Å². The van der Waals surface area contributed by atoms with Crippen LogP contribution in [0.15, 0.2) is 24.4 Å². The predicted molar refractivity (Wildman–Crippen MR) is 89.9 cm³/mol. The Kier molecular flexibility index (Phi) is 4.43. The van der Waals surface area contributed by atoms with Gasteiger partial charge >= 0.3 is 0 Å². The highest BCUT2D eigenvalue weighted by molar-refractivity contribution is 6.30. The van der Waals surface area contributed by atoms with Gasteiger partial charge in [-0.1, -0.05) is 24.6 Å². The average Bonchev–Trinajstić information content (AvgIpc) is 2.51. The number of halogens is 1. The van der Waals surface area contributed by atoms with Gasteiger partial charge in [0.15, 0.2) is 5.82 Å². The summed E-state index contributed by atoms with van der Waals surface area (Å²) in [5.74, 6) is 2.07. The monoisotopic (exact) mass is 317 g/mol. The number of aromatic nitrogens is 3. The molecule has 1 saturated heterocycles. The molecule has 1 fully saturated rings. The first kappa shape index (κ1) is 15.0. The molecule has 22 heavy (non-hydrogen) atoms. The van der Waals surface area contributed by atoms with Crippen molar-refractivity contribution in [2.75, 3.05) is 23.3 Å². The van der Waals surface area contributed by atoms with Crippen LogP contribution in [0.2, 0.25) is 5.02 Å². The molecule has 1 aromatic heterocycles. The van der Waals surface area contributed by atoms with Crippen molar-refractivity contribution in [1.82, 2.24) is 15.2 Å². The lowest BCUT2D eigenvalue weighted by Gasteiger charge is -2.31. The van der Waals surface area contributed by atoms with Crippen molar-refractivity contribution >= 4 is 29.1 Å². The largest absolute Gasteiger partial charge is 0.355 e. The number of anilines is 3.